The van der Waals surface area contributed by atoms with E-state index in [4.69, 9.17) is 22.3 Å². The van der Waals surface area contributed by atoms with Crippen molar-refractivity contribution in [3.05, 3.63) is 0 Å². The predicted molar refractivity (Wildman–Crippen MR) is 118 cm³/mol. The van der Waals surface area contributed by atoms with Gasteiger partial charge in [0.15, 0.2) is 0 Å². The highest BCUT2D eigenvalue weighted by molar-refractivity contribution is 7.98. The normalized spacial score (nSPS) is 14.5. The molecular weight excluding hydrogens is 444 g/mol. The van der Waals surface area contributed by atoms with Crippen molar-refractivity contribution < 1.29 is 34.2 Å². The number of nitrogens with two attached hydrogens (primary N) is 3. The van der Waals surface area contributed by atoms with Gasteiger partial charge < -0.3 is 43.4 Å². The number of thioether (sulfide) groups is 1. The molecule has 0 aliphatic heterocycles. The number of carboxylic acid groups (broad SMARTS) is 1. The Labute approximate surface area is 190 Å². The van der Waals surface area contributed by atoms with Crippen molar-refractivity contribution in [3.8, 4) is 0 Å². The van der Waals surface area contributed by atoms with Crippen LogP contribution in [0, 0.1) is 0 Å². The third-order valence-corrected chi connectivity index (χ3v) is 5.03. The number of aliphatic hydroxyl groups excluding tert-OH is 1. The average molecular weight is 479 g/mol. The monoisotopic (exact) mass is 478 g/mol. The number of unbranched alkanes of at least 4 members (excludes halogenated alkanes) is 1. The van der Waals surface area contributed by atoms with Gasteiger partial charge in [0.2, 0.25) is 23.6 Å². The van der Waals surface area contributed by atoms with Crippen molar-refractivity contribution in [2.75, 3.05) is 25.2 Å². The van der Waals surface area contributed by atoms with Gasteiger partial charge in [-0.15, -0.1) is 0 Å². The largest absolute Gasteiger partial charge is 0.480 e. The van der Waals surface area contributed by atoms with Gasteiger partial charge in [0.1, 0.15) is 18.1 Å². The average Bonchev–Trinajstić information content (AvgIpc) is 2.73. The molecule has 0 radical (unpaired) electrons. The summed E-state index contributed by atoms with van der Waals surface area (Å²) in [5.74, 6) is -4.11. The van der Waals surface area contributed by atoms with Gasteiger partial charge in [-0.1, -0.05) is 0 Å². The molecule has 184 valence electrons. The maximum atomic E-state index is 12.6. The van der Waals surface area contributed by atoms with Gasteiger partial charge in [-0.05, 0) is 44.2 Å². The minimum atomic E-state index is -1.57. The molecule has 0 spiro atoms. The maximum Gasteiger partial charge on any atom is 0.326 e. The first-order valence-electron chi connectivity index (χ1n) is 10.0. The van der Waals surface area contributed by atoms with Gasteiger partial charge in [-0.25, -0.2) is 4.79 Å². The van der Waals surface area contributed by atoms with Crippen molar-refractivity contribution in [1.82, 2.24) is 16.0 Å². The highest BCUT2D eigenvalue weighted by Crippen LogP contribution is 2.04. The third-order valence-electron chi connectivity index (χ3n) is 4.39. The van der Waals surface area contributed by atoms with E-state index in [0.717, 1.165) is 0 Å². The van der Waals surface area contributed by atoms with E-state index >= 15 is 0 Å². The van der Waals surface area contributed by atoms with Crippen LogP contribution in [0.3, 0.4) is 0 Å². The summed E-state index contributed by atoms with van der Waals surface area (Å²) in [6, 6.07) is -5.01. The second-order valence-corrected chi connectivity index (χ2v) is 8.03. The van der Waals surface area contributed by atoms with Crippen LogP contribution in [0.25, 0.3) is 0 Å². The van der Waals surface area contributed by atoms with Gasteiger partial charge in [-0.3, -0.25) is 19.2 Å². The van der Waals surface area contributed by atoms with E-state index in [2.05, 4.69) is 16.0 Å². The van der Waals surface area contributed by atoms with Crippen molar-refractivity contribution in [1.29, 1.82) is 0 Å². The Balaban J connectivity index is 5.24. The molecule has 0 aromatic carbocycles. The number of aliphatic hydroxyl groups is 1. The van der Waals surface area contributed by atoms with E-state index in [-0.39, 0.29) is 6.42 Å². The molecule has 14 heteroatoms. The minimum absolute atomic E-state index is 0.108. The van der Waals surface area contributed by atoms with Crippen molar-refractivity contribution in [3.63, 3.8) is 0 Å². The van der Waals surface area contributed by atoms with Crippen LogP contribution in [0.5, 0.6) is 0 Å². The molecule has 0 aliphatic rings. The summed E-state index contributed by atoms with van der Waals surface area (Å²) in [4.78, 5) is 59.6. The molecule has 0 fully saturated rings. The van der Waals surface area contributed by atoms with Crippen LogP contribution in [-0.4, -0.2) is 89.1 Å². The summed E-state index contributed by atoms with van der Waals surface area (Å²) in [7, 11) is 0. The summed E-state index contributed by atoms with van der Waals surface area (Å²) in [5.41, 5.74) is 16.2. The van der Waals surface area contributed by atoms with Crippen LogP contribution in [0.1, 0.15) is 32.1 Å². The van der Waals surface area contributed by atoms with E-state index in [0.29, 0.717) is 31.6 Å². The maximum absolute atomic E-state index is 12.6. The summed E-state index contributed by atoms with van der Waals surface area (Å²) in [5, 5.41) is 25.6. The zero-order valence-corrected chi connectivity index (χ0v) is 18.9. The van der Waals surface area contributed by atoms with E-state index in [1.807, 2.05) is 6.26 Å². The van der Waals surface area contributed by atoms with Crippen molar-refractivity contribution in [2.45, 2.75) is 56.3 Å². The summed E-state index contributed by atoms with van der Waals surface area (Å²) < 4.78 is 0. The first-order chi connectivity index (χ1) is 15.1. The molecule has 0 aliphatic carbocycles. The number of primary amides is 1. The van der Waals surface area contributed by atoms with Crippen molar-refractivity contribution >= 4 is 41.4 Å². The molecule has 4 unspecified atom stereocenters. The lowest BCUT2D eigenvalue weighted by molar-refractivity contribution is -0.143. The third kappa shape index (κ3) is 11.8. The minimum Gasteiger partial charge on any atom is -0.480 e. The van der Waals surface area contributed by atoms with E-state index in [1.54, 1.807) is 0 Å². The van der Waals surface area contributed by atoms with Gasteiger partial charge >= 0.3 is 5.97 Å². The molecule has 4 amide bonds. The molecule has 32 heavy (non-hydrogen) atoms. The van der Waals surface area contributed by atoms with Gasteiger partial charge in [0.25, 0.3) is 0 Å². The smallest absolute Gasteiger partial charge is 0.326 e. The Morgan fingerprint density at radius 1 is 0.906 bits per heavy atom. The fraction of sp³-hybridized carbons (Fsp3) is 0.722. The lowest BCUT2D eigenvalue weighted by Crippen LogP contribution is -2.58. The Morgan fingerprint density at radius 3 is 1.97 bits per heavy atom. The summed E-state index contributed by atoms with van der Waals surface area (Å²) in [6.07, 6.45) is 2.66. The second-order valence-electron chi connectivity index (χ2n) is 7.05. The molecule has 0 heterocycles. The fourth-order valence-corrected chi connectivity index (χ4v) is 3.05. The molecule has 11 N–H and O–H groups in total. The molecule has 0 bridgehead atoms. The van der Waals surface area contributed by atoms with E-state index in [9.17, 15) is 29.1 Å². The zero-order chi connectivity index (χ0) is 24.7. The number of hydrogen-bond acceptors (Lipinski definition) is 9. The van der Waals surface area contributed by atoms with E-state index in [1.165, 1.54) is 11.8 Å². The summed E-state index contributed by atoms with van der Waals surface area (Å²) >= 11 is 1.50. The topological polar surface area (TPSA) is 240 Å². The van der Waals surface area contributed by atoms with Gasteiger partial charge in [0.05, 0.1) is 19.1 Å². The van der Waals surface area contributed by atoms with Crippen LogP contribution in [0.15, 0.2) is 0 Å². The lowest BCUT2D eigenvalue weighted by Gasteiger charge is -2.24. The molecule has 13 nitrogen and oxygen atoms in total. The zero-order valence-electron chi connectivity index (χ0n) is 18.0. The Morgan fingerprint density at radius 2 is 1.47 bits per heavy atom. The quantitative estimate of drug-likeness (QED) is 0.0963. The molecular formula is C18H34N6O7S. The van der Waals surface area contributed by atoms with Crippen LogP contribution >= 0.6 is 11.8 Å². The lowest BCUT2D eigenvalue weighted by atomic mass is 10.1. The van der Waals surface area contributed by atoms with Gasteiger partial charge in [0, 0.05) is 0 Å². The van der Waals surface area contributed by atoms with Crippen LogP contribution in [0.2, 0.25) is 0 Å². The fourth-order valence-electron chi connectivity index (χ4n) is 2.56. The SMILES string of the molecule is CSCCC(N)C(=O)NC(CO)C(=O)NC(CCCCN)C(=O)NC(CC(N)=O)C(=O)O. The number of aliphatic carboxylic acids is 1. The number of hydrogen-bond donors (Lipinski definition) is 8. The Bertz CT molecular complexity index is 651. The number of amides is 4. The van der Waals surface area contributed by atoms with Crippen molar-refractivity contribution in [2.24, 2.45) is 17.2 Å². The Kier molecular flexibility index (Phi) is 15.0. The number of carboxylic acids is 1. The molecule has 0 rings (SSSR count). The molecule has 0 saturated heterocycles. The Hall–Kier alpha value is -2.42. The predicted octanol–water partition coefficient (Wildman–Crippen LogP) is -3.40. The molecule has 0 aromatic heterocycles. The molecule has 4 atom stereocenters. The highest BCUT2D eigenvalue weighted by Gasteiger charge is 2.30. The highest BCUT2D eigenvalue weighted by atomic mass is 32.2. The van der Waals surface area contributed by atoms with Crippen LogP contribution < -0.4 is 33.2 Å². The number of carbonyl (C=O) groups excluding carboxylic acids is 4. The number of carbonyl (C=O) groups is 5. The van der Waals surface area contributed by atoms with Gasteiger partial charge in [-0.2, -0.15) is 11.8 Å². The van der Waals surface area contributed by atoms with Crippen LogP contribution in [0.4, 0.5) is 0 Å². The number of nitrogens with one attached hydrogen (secondary N) is 3. The van der Waals surface area contributed by atoms with Crippen LogP contribution in [-0.2, 0) is 24.0 Å². The first-order valence-corrected chi connectivity index (χ1v) is 11.4. The standard InChI is InChI=1S/C18H34N6O7S/c1-32-7-5-10(20)15(27)24-13(9-25)17(29)22-11(4-2-3-6-19)16(28)23-12(18(30)31)8-14(21)26/h10-13,25H,2-9,19-20H2,1H3,(H2,21,26)(H,22,29)(H,23,28)(H,24,27)(H,30,31). The van der Waals surface area contributed by atoms with E-state index < -0.39 is 66.8 Å². The second kappa shape index (κ2) is 16.2. The number of rotatable bonds is 17. The first kappa shape index (κ1) is 29.6. The molecule has 0 aromatic rings. The molecule has 0 saturated carbocycles. The summed E-state index contributed by atoms with van der Waals surface area (Å²) in [6.45, 7) is -0.408.